The van der Waals surface area contributed by atoms with Crippen molar-refractivity contribution in [2.45, 2.75) is 73.9 Å². The Kier molecular flexibility index (Phi) is 18.9. The third-order valence-corrected chi connectivity index (χ3v) is 10.5. The number of allylic oxidation sites excluding steroid dienone is 6. The van der Waals surface area contributed by atoms with E-state index in [0.29, 0.717) is 5.41 Å². The van der Waals surface area contributed by atoms with Crippen molar-refractivity contribution >= 4 is 16.1 Å². The van der Waals surface area contributed by atoms with E-state index in [1.54, 1.807) is 36.4 Å². The van der Waals surface area contributed by atoms with E-state index in [4.69, 9.17) is 0 Å². The van der Waals surface area contributed by atoms with E-state index in [2.05, 4.69) is 118 Å². The van der Waals surface area contributed by atoms with Crippen LogP contribution in [0.2, 0.25) is 39.3 Å². The van der Waals surface area contributed by atoms with Crippen LogP contribution < -0.4 is 15.3 Å². The van der Waals surface area contributed by atoms with Crippen LogP contribution in [0.1, 0.15) is 34.6 Å². The van der Waals surface area contributed by atoms with Gasteiger partial charge in [-0.15, -0.1) is 17.2 Å². The van der Waals surface area contributed by atoms with Crippen LogP contribution in [0, 0.1) is 5.41 Å². The van der Waals surface area contributed by atoms with Gasteiger partial charge in [-0.2, -0.15) is 0 Å². The summed E-state index contributed by atoms with van der Waals surface area (Å²) in [5.41, 5.74) is 9.59. The Morgan fingerprint density at radius 2 is 0.795 bits per heavy atom. The van der Waals surface area contributed by atoms with Crippen molar-refractivity contribution in [2.75, 3.05) is 0 Å². The van der Waals surface area contributed by atoms with Crippen LogP contribution in [0.25, 0.3) is 0 Å². The summed E-state index contributed by atoms with van der Waals surface area (Å²) in [5.74, 6) is 0.215. The predicted molar refractivity (Wildman–Crippen MR) is 187 cm³/mol. The van der Waals surface area contributed by atoms with Crippen molar-refractivity contribution in [3.63, 3.8) is 0 Å². The molecule has 0 fully saturated rings. The van der Waals surface area contributed by atoms with Crippen LogP contribution in [0.15, 0.2) is 135 Å². The van der Waals surface area contributed by atoms with Gasteiger partial charge in [0, 0.05) is 0 Å². The molecule has 0 unspecified atom stereocenters. The Morgan fingerprint density at radius 3 is 0.909 bits per heavy atom. The molecule has 0 aliphatic heterocycles. The molecular formula is C38H52O3Si2Ti. The predicted octanol–water partition coefficient (Wildman–Crippen LogP) is 9.32. The molecule has 0 spiro atoms. The Labute approximate surface area is 282 Å². The second kappa shape index (κ2) is 20.2. The molecule has 0 saturated carbocycles. The number of benzene rings is 3. The molecule has 4 rings (SSSR count). The quantitative estimate of drug-likeness (QED) is 0.208. The average molecular weight is 661 g/mol. The van der Waals surface area contributed by atoms with Crippen LogP contribution in [0.4, 0.5) is 0 Å². The molecule has 0 radical (unpaired) electrons. The minimum absolute atomic E-state index is 0.0718. The first-order valence-electron chi connectivity index (χ1n) is 14.9. The Morgan fingerprint density at radius 1 is 0.523 bits per heavy atom. The minimum atomic E-state index is -0.970. The van der Waals surface area contributed by atoms with Gasteiger partial charge in [0.25, 0.3) is 0 Å². The first-order chi connectivity index (χ1) is 20.3. The van der Waals surface area contributed by atoms with Crippen molar-refractivity contribution in [3.05, 3.63) is 135 Å². The summed E-state index contributed by atoms with van der Waals surface area (Å²) in [6.07, 6.45) is 4.45. The van der Waals surface area contributed by atoms with Gasteiger partial charge in [-0.25, -0.2) is 0 Å². The monoisotopic (exact) mass is 660 g/mol. The van der Waals surface area contributed by atoms with E-state index >= 15 is 0 Å². The average Bonchev–Trinajstić information content (AvgIpc) is 3.07. The first kappa shape index (κ1) is 41.2. The van der Waals surface area contributed by atoms with Crippen LogP contribution in [0.3, 0.4) is 0 Å². The summed E-state index contributed by atoms with van der Waals surface area (Å²) < 4.78 is 1.53. The zero-order valence-corrected chi connectivity index (χ0v) is 32.3. The second-order valence-electron chi connectivity index (χ2n) is 13.3. The van der Waals surface area contributed by atoms with Crippen molar-refractivity contribution in [2.24, 2.45) is 5.41 Å². The van der Waals surface area contributed by atoms with Gasteiger partial charge >= 0.3 is 81.1 Å². The standard InChI is InChI=1S/C10H22Si2.C10H15.3C6H6O.Ti/c1-11(2,3)9-7-8-10-12(4,5)6;1-7-6-10(4,5)9(3)8(7)2;3*7-6-4-2-1-3-5-6;/h7-10H,1-6H3;1-5H3;3*1-5,7H;/q;;;;;+3/p-3. The molecule has 3 aromatic carbocycles. The minimum Gasteiger partial charge on any atom is -0.872 e. The normalized spacial score (nSPS) is 14.0. The summed E-state index contributed by atoms with van der Waals surface area (Å²) in [7, 11) is -1.94. The van der Waals surface area contributed by atoms with E-state index in [1.165, 1.54) is 57.0 Å². The molecule has 6 heteroatoms. The topological polar surface area (TPSA) is 69.2 Å². The molecule has 0 aromatic heterocycles. The molecule has 3 nitrogen and oxygen atoms in total. The molecule has 3 aromatic rings. The Bertz CT molecular complexity index is 1190. The smallest absolute Gasteiger partial charge is 0.0686 e. The van der Waals surface area contributed by atoms with Crippen molar-refractivity contribution in [1.29, 1.82) is 0 Å². The van der Waals surface area contributed by atoms with Gasteiger partial charge in [-0.3, -0.25) is 0 Å². The summed E-state index contributed by atoms with van der Waals surface area (Å²) in [6, 6.07) is 25.0. The van der Waals surface area contributed by atoms with Gasteiger partial charge in [0.1, 0.15) is 0 Å². The molecule has 0 heterocycles. The Balaban J connectivity index is 0.000000535. The van der Waals surface area contributed by atoms with Gasteiger partial charge in [0.15, 0.2) is 0 Å². The molecule has 44 heavy (non-hydrogen) atoms. The fraction of sp³-hybridized carbons (Fsp3) is 0.316. The maximum atomic E-state index is 10.3. The van der Waals surface area contributed by atoms with Gasteiger partial charge in [0.2, 0.25) is 0 Å². The Hall–Kier alpha value is -2.83. The van der Waals surface area contributed by atoms with Gasteiger partial charge < -0.3 is 15.3 Å². The van der Waals surface area contributed by atoms with E-state index in [9.17, 15) is 15.3 Å². The van der Waals surface area contributed by atoms with Gasteiger partial charge in [-0.1, -0.05) is 154 Å². The SMILES string of the molecule is CC1=C(C)C(C)(C)[C]([Ti+3])=C1C.C[Si](C)(C)C=CC=C[Si](C)(C)C.[O-]c1ccccc1.[O-]c1ccccc1.[O-]c1ccccc1. The summed E-state index contributed by atoms with van der Waals surface area (Å²) in [6.45, 7) is 25.4. The van der Waals surface area contributed by atoms with E-state index in [1.807, 2.05) is 18.2 Å². The zero-order chi connectivity index (χ0) is 34.0. The third kappa shape index (κ3) is 19.4. The van der Waals surface area contributed by atoms with Crippen LogP contribution in [-0.4, -0.2) is 16.1 Å². The van der Waals surface area contributed by atoms with Crippen LogP contribution >= 0.6 is 0 Å². The number of hydrogen-bond donors (Lipinski definition) is 0. The molecular weight excluding hydrogens is 608 g/mol. The zero-order valence-electron chi connectivity index (χ0n) is 28.7. The molecule has 1 aliphatic rings. The fourth-order valence-corrected chi connectivity index (χ4v) is 5.51. The molecule has 0 atom stereocenters. The fourth-order valence-electron chi connectivity index (χ4n) is 3.54. The third-order valence-electron chi connectivity index (χ3n) is 6.60. The summed E-state index contributed by atoms with van der Waals surface area (Å²) in [4.78, 5) is 0. The van der Waals surface area contributed by atoms with E-state index in [-0.39, 0.29) is 17.2 Å². The number of rotatable bonds is 3. The van der Waals surface area contributed by atoms with E-state index in [0.717, 1.165) is 0 Å². The maximum Gasteiger partial charge on any atom is 0.0686 e. The maximum absolute atomic E-state index is 10.3. The second-order valence-corrected chi connectivity index (χ2v) is 24.2. The summed E-state index contributed by atoms with van der Waals surface area (Å²) >= 11 is 2.25. The molecule has 0 N–H and O–H groups in total. The summed E-state index contributed by atoms with van der Waals surface area (Å²) in [5, 5.41) is 30.8. The van der Waals surface area contributed by atoms with Crippen molar-refractivity contribution in [1.82, 2.24) is 0 Å². The molecule has 0 saturated heterocycles. The van der Waals surface area contributed by atoms with Crippen LogP contribution in [-0.2, 0) is 20.4 Å². The van der Waals surface area contributed by atoms with Crippen LogP contribution in [0.5, 0.6) is 17.2 Å². The van der Waals surface area contributed by atoms with Crippen molar-refractivity contribution < 1.29 is 35.8 Å². The van der Waals surface area contributed by atoms with Gasteiger partial charge in [-0.05, 0) is 0 Å². The molecule has 0 amide bonds. The van der Waals surface area contributed by atoms with E-state index < -0.39 is 16.1 Å². The van der Waals surface area contributed by atoms with Crippen molar-refractivity contribution in [3.8, 4) is 17.2 Å². The molecule has 234 valence electrons. The number of para-hydroxylation sites is 3. The number of hydrogen-bond acceptors (Lipinski definition) is 3. The van der Waals surface area contributed by atoms with Gasteiger partial charge in [0.05, 0.1) is 16.1 Å². The molecule has 1 aliphatic carbocycles. The first-order valence-corrected chi connectivity index (χ1v) is 22.9. The largest absolute Gasteiger partial charge is 0.872 e. The molecule has 0 bridgehead atoms.